The lowest BCUT2D eigenvalue weighted by molar-refractivity contribution is -0.0154. The molecule has 1 aliphatic rings. The van der Waals surface area contributed by atoms with Crippen molar-refractivity contribution >= 4 is 0 Å². The van der Waals surface area contributed by atoms with Gasteiger partial charge in [0.15, 0.2) is 0 Å². The third kappa shape index (κ3) is 3.76. The van der Waals surface area contributed by atoms with Crippen molar-refractivity contribution in [3.63, 3.8) is 0 Å². The second-order valence-electron chi connectivity index (χ2n) is 6.69. The molecule has 1 saturated carbocycles. The van der Waals surface area contributed by atoms with Gasteiger partial charge in [-0.3, -0.25) is 0 Å². The van der Waals surface area contributed by atoms with Crippen LogP contribution in [0.1, 0.15) is 64.9 Å². The van der Waals surface area contributed by atoms with E-state index in [0.717, 1.165) is 18.7 Å². The van der Waals surface area contributed by atoms with Crippen LogP contribution in [0.25, 0.3) is 0 Å². The minimum Gasteiger partial charge on any atom is -0.487 e. The number of hydrogen-bond acceptors (Lipinski definition) is 2. The summed E-state index contributed by atoms with van der Waals surface area (Å²) in [6.07, 6.45) is 4.79. The molecule has 1 fully saturated rings. The molecule has 2 rings (SSSR count). The predicted octanol–water partition coefficient (Wildman–Crippen LogP) is 4.50. The molecule has 0 aromatic heterocycles. The number of para-hydroxylation sites is 1. The van der Waals surface area contributed by atoms with Gasteiger partial charge >= 0.3 is 0 Å². The van der Waals surface area contributed by atoms with Crippen molar-refractivity contribution in [2.75, 3.05) is 6.54 Å². The summed E-state index contributed by atoms with van der Waals surface area (Å²) in [6, 6.07) is 9.06. The van der Waals surface area contributed by atoms with Gasteiger partial charge in [-0.05, 0) is 49.8 Å². The zero-order valence-electron chi connectivity index (χ0n) is 13.4. The standard InChI is InChI=1S/C18H29NO/c1-14(2)16-8-5-6-9-17(16)20-18(10-7-11-18)12-13-19-15(3)4/h5-6,8-9,14-15,19H,7,10-13H2,1-4H3. The lowest BCUT2D eigenvalue weighted by Crippen LogP contribution is -2.46. The fourth-order valence-corrected chi connectivity index (χ4v) is 2.85. The second-order valence-corrected chi connectivity index (χ2v) is 6.69. The monoisotopic (exact) mass is 275 g/mol. The van der Waals surface area contributed by atoms with Gasteiger partial charge < -0.3 is 10.1 Å². The summed E-state index contributed by atoms with van der Waals surface area (Å²) < 4.78 is 6.47. The van der Waals surface area contributed by atoms with Crippen LogP contribution in [0.4, 0.5) is 0 Å². The van der Waals surface area contributed by atoms with Crippen molar-refractivity contribution < 1.29 is 4.74 Å². The number of benzene rings is 1. The highest BCUT2D eigenvalue weighted by molar-refractivity contribution is 5.36. The van der Waals surface area contributed by atoms with E-state index in [4.69, 9.17) is 4.74 Å². The van der Waals surface area contributed by atoms with Crippen LogP contribution in [0.2, 0.25) is 0 Å². The van der Waals surface area contributed by atoms with Crippen LogP contribution in [0, 0.1) is 0 Å². The van der Waals surface area contributed by atoms with E-state index >= 15 is 0 Å². The Kier molecular flexibility index (Phi) is 5.09. The van der Waals surface area contributed by atoms with E-state index in [1.165, 1.54) is 24.8 Å². The van der Waals surface area contributed by atoms with E-state index in [-0.39, 0.29) is 5.60 Å². The first kappa shape index (κ1) is 15.4. The van der Waals surface area contributed by atoms with E-state index in [1.54, 1.807) is 0 Å². The third-order valence-electron chi connectivity index (χ3n) is 4.27. The molecule has 0 amide bonds. The van der Waals surface area contributed by atoms with Gasteiger partial charge in [0.25, 0.3) is 0 Å². The first-order valence-electron chi connectivity index (χ1n) is 8.04. The van der Waals surface area contributed by atoms with E-state index in [2.05, 4.69) is 57.3 Å². The molecule has 0 heterocycles. The zero-order valence-corrected chi connectivity index (χ0v) is 13.4. The first-order chi connectivity index (χ1) is 9.52. The SMILES string of the molecule is CC(C)NCCC1(Oc2ccccc2C(C)C)CCC1. The fourth-order valence-electron chi connectivity index (χ4n) is 2.85. The minimum atomic E-state index is 0.0763. The molecule has 0 spiro atoms. The molecule has 112 valence electrons. The highest BCUT2D eigenvalue weighted by Crippen LogP contribution is 2.41. The Labute approximate surface area is 123 Å². The van der Waals surface area contributed by atoms with Crippen molar-refractivity contribution in [1.82, 2.24) is 5.32 Å². The van der Waals surface area contributed by atoms with Crippen molar-refractivity contribution in [3.8, 4) is 5.75 Å². The lowest BCUT2D eigenvalue weighted by atomic mass is 9.77. The molecule has 2 heteroatoms. The van der Waals surface area contributed by atoms with Gasteiger partial charge in [0.05, 0.1) is 0 Å². The molecule has 0 saturated heterocycles. The van der Waals surface area contributed by atoms with Crippen LogP contribution in [0.15, 0.2) is 24.3 Å². The Balaban J connectivity index is 2.03. The number of nitrogens with one attached hydrogen (secondary N) is 1. The summed E-state index contributed by atoms with van der Waals surface area (Å²) in [7, 11) is 0. The average molecular weight is 275 g/mol. The number of rotatable bonds is 7. The van der Waals surface area contributed by atoms with Crippen LogP contribution < -0.4 is 10.1 Å². The maximum atomic E-state index is 6.47. The minimum absolute atomic E-state index is 0.0763. The van der Waals surface area contributed by atoms with Crippen LogP contribution in [0.5, 0.6) is 5.75 Å². The summed E-state index contributed by atoms with van der Waals surface area (Å²) in [6.45, 7) is 9.90. The van der Waals surface area contributed by atoms with Gasteiger partial charge in [-0.25, -0.2) is 0 Å². The summed E-state index contributed by atoms with van der Waals surface area (Å²) in [5, 5.41) is 3.51. The normalized spacial score (nSPS) is 17.3. The molecule has 0 radical (unpaired) electrons. The molecule has 1 N–H and O–H groups in total. The Bertz CT molecular complexity index is 421. The van der Waals surface area contributed by atoms with Crippen molar-refractivity contribution in [2.24, 2.45) is 0 Å². The fraction of sp³-hybridized carbons (Fsp3) is 0.667. The van der Waals surface area contributed by atoms with Gasteiger partial charge in [-0.1, -0.05) is 45.9 Å². The number of hydrogen-bond donors (Lipinski definition) is 1. The van der Waals surface area contributed by atoms with Gasteiger partial charge in [0.2, 0.25) is 0 Å². The average Bonchev–Trinajstić information content (AvgIpc) is 2.35. The Morgan fingerprint density at radius 2 is 1.85 bits per heavy atom. The first-order valence-corrected chi connectivity index (χ1v) is 8.04. The van der Waals surface area contributed by atoms with E-state index in [1.807, 2.05) is 0 Å². The smallest absolute Gasteiger partial charge is 0.123 e. The Morgan fingerprint density at radius 3 is 2.40 bits per heavy atom. The highest BCUT2D eigenvalue weighted by Gasteiger charge is 2.39. The maximum absolute atomic E-state index is 6.47. The highest BCUT2D eigenvalue weighted by atomic mass is 16.5. The topological polar surface area (TPSA) is 21.3 Å². The van der Waals surface area contributed by atoms with Crippen molar-refractivity contribution in [1.29, 1.82) is 0 Å². The molecule has 2 nitrogen and oxygen atoms in total. The number of ether oxygens (including phenoxy) is 1. The molecule has 1 aromatic carbocycles. The third-order valence-corrected chi connectivity index (χ3v) is 4.27. The molecule has 0 bridgehead atoms. The molecule has 1 aliphatic carbocycles. The Morgan fingerprint density at radius 1 is 1.15 bits per heavy atom. The zero-order chi connectivity index (χ0) is 14.6. The van der Waals surface area contributed by atoms with Gasteiger partial charge in [0, 0.05) is 6.04 Å². The van der Waals surface area contributed by atoms with Gasteiger partial charge in [-0.2, -0.15) is 0 Å². The Hall–Kier alpha value is -1.02. The van der Waals surface area contributed by atoms with Crippen molar-refractivity contribution in [2.45, 2.75) is 70.9 Å². The second kappa shape index (κ2) is 6.62. The molecule has 20 heavy (non-hydrogen) atoms. The van der Waals surface area contributed by atoms with Gasteiger partial charge in [0.1, 0.15) is 11.4 Å². The molecule has 0 atom stereocenters. The van der Waals surface area contributed by atoms with Crippen LogP contribution in [0.3, 0.4) is 0 Å². The largest absolute Gasteiger partial charge is 0.487 e. The van der Waals surface area contributed by atoms with E-state index in [0.29, 0.717) is 12.0 Å². The summed E-state index contributed by atoms with van der Waals surface area (Å²) in [4.78, 5) is 0. The van der Waals surface area contributed by atoms with Crippen LogP contribution in [-0.4, -0.2) is 18.2 Å². The van der Waals surface area contributed by atoms with Crippen LogP contribution >= 0.6 is 0 Å². The quantitative estimate of drug-likeness (QED) is 0.791. The predicted molar refractivity (Wildman–Crippen MR) is 85.5 cm³/mol. The van der Waals surface area contributed by atoms with Gasteiger partial charge in [-0.15, -0.1) is 0 Å². The molecular formula is C18H29NO. The van der Waals surface area contributed by atoms with Crippen LogP contribution in [-0.2, 0) is 0 Å². The summed E-state index contributed by atoms with van der Waals surface area (Å²) >= 11 is 0. The summed E-state index contributed by atoms with van der Waals surface area (Å²) in [5.74, 6) is 1.60. The maximum Gasteiger partial charge on any atom is 0.123 e. The van der Waals surface area contributed by atoms with E-state index < -0.39 is 0 Å². The molecule has 0 unspecified atom stereocenters. The molecule has 0 aliphatic heterocycles. The van der Waals surface area contributed by atoms with E-state index in [9.17, 15) is 0 Å². The lowest BCUT2D eigenvalue weighted by Gasteiger charge is -2.43. The molecule has 1 aromatic rings. The summed E-state index contributed by atoms with van der Waals surface area (Å²) in [5.41, 5.74) is 1.41. The van der Waals surface area contributed by atoms with Crippen molar-refractivity contribution in [3.05, 3.63) is 29.8 Å². The molecular weight excluding hydrogens is 246 g/mol.